The van der Waals surface area contributed by atoms with Crippen LogP contribution in [0, 0.1) is 17.0 Å². The molecule has 12 heteroatoms. The van der Waals surface area contributed by atoms with Gasteiger partial charge in [0.2, 0.25) is 5.89 Å². The Bertz CT molecular complexity index is 1810. The van der Waals surface area contributed by atoms with Crippen LogP contribution in [-0.4, -0.2) is 40.2 Å². The Kier molecular flexibility index (Phi) is 6.25. The van der Waals surface area contributed by atoms with E-state index in [0.717, 1.165) is 5.56 Å². The Labute approximate surface area is 216 Å². The monoisotopic (exact) mass is 531 g/mol. The molecule has 0 radical (unpaired) electrons. The van der Waals surface area contributed by atoms with Crippen LogP contribution in [-0.2, 0) is 9.84 Å². The van der Waals surface area contributed by atoms with E-state index in [1.807, 2.05) is 0 Å². The molecule has 3 aromatic carbocycles. The van der Waals surface area contributed by atoms with Crippen LogP contribution < -0.4 is 5.32 Å². The van der Waals surface area contributed by atoms with Gasteiger partial charge in [0.15, 0.2) is 15.4 Å². The van der Waals surface area contributed by atoms with Crippen LogP contribution in [0.2, 0.25) is 0 Å². The van der Waals surface area contributed by atoms with Crippen LogP contribution >= 0.6 is 0 Å². The van der Waals surface area contributed by atoms with Crippen molar-refractivity contribution in [2.75, 3.05) is 11.1 Å². The maximum atomic E-state index is 12.6. The molecule has 0 fully saturated rings. The van der Waals surface area contributed by atoms with Crippen LogP contribution in [0.15, 0.2) is 76.2 Å². The fraction of sp³-hybridized carbons (Fsp3) is 0.115. The quantitative estimate of drug-likeness (QED) is 0.215. The lowest BCUT2D eigenvalue weighted by Crippen LogP contribution is -2.12. The molecule has 5 aromatic rings. The SMILES string of the molecule is CCS(=O)(=O)c1ccc2oc(-c3cn[nH]c3-c3ccc(NC(=O)c4ccc(C)c([N+](=O)[O-])c4)cc3)nc2c1. The number of aryl methyl sites for hydroxylation is 1. The number of nitro benzene ring substituents is 1. The zero-order valence-electron chi connectivity index (χ0n) is 20.3. The molecule has 11 nitrogen and oxygen atoms in total. The van der Waals surface area contributed by atoms with Gasteiger partial charge < -0.3 is 9.73 Å². The number of oxazole rings is 1. The van der Waals surface area contributed by atoms with Crippen molar-refractivity contribution in [3.8, 4) is 22.7 Å². The van der Waals surface area contributed by atoms with Crippen LogP contribution in [0.25, 0.3) is 33.8 Å². The number of hydrogen-bond acceptors (Lipinski definition) is 8. The van der Waals surface area contributed by atoms with Crippen LogP contribution in [0.5, 0.6) is 0 Å². The number of nitrogens with zero attached hydrogens (tertiary/aromatic N) is 3. The van der Waals surface area contributed by atoms with Gasteiger partial charge in [-0.2, -0.15) is 5.10 Å². The largest absolute Gasteiger partial charge is 0.436 e. The van der Waals surface area contributed by atoms with Crippen molar-refractivity contribution in [3.05, 3.63) is 88.1 Å². The van der Waals surface area contributed by atoms with Gasteiger partial charge in [0.1, 0.15) is 5.52 Å². The van der Waals surface area contributed by atoms with E-state index in [-0.39, 0.29) is 27.8 Å². The third kappa shape index (κ3) is 4.64. The first-order valence-corrected chi connectivity index (χ1v) is 13.2. The molecular formula is C26H21N5O6S. The van der Waals surface area contributed by atoms with Gasteiger partial charge in [-0.05, 0) is 43.3 Å². The number of carbonyl (C=O) groups is 1. The summed E-state index contributed by atoms with van der Waals surface area (Å²) in [6, 6.07) is 15.8. The summed E-state index contributed by atoms with van der Waals surface area (Å²) < 4.78 is 30.3. The predicted octanol–water partition coefficient (Wildman–Crippen LogP) is 5.15. The molecule has 0 spiro atoms. The third-order valence-corrected chi connectivity index (χ3v) is 7.80. The highest BCUT2D eigenvalue weighted by molar-refractivity contribution is 7.91. The summed E-state index contributed by atoms with van der Waals surface area (Å²) in [6.45, 7) is 3.19. The van der Waals surface area contributed by atoms with Gasteiger partial charge in [0, 0.05) is 28.4 Å². The number of nitro groups is 1. The number of amides is 1. The number of fused-ring (bicyclic) bond motifs is 1. The van der Waals surface area contributed by atoms with Crippen molar-refractivity contribution in [2.45, 2.75) is 18.7 Å². The molecule has 2 aromatic heterocycles. The van der Waals surface area contributed by atoms with Crippen molar-refractivity contribution < 1.29 is 22.6 Å². The molecule has 0 saturated heterocycles. The minimum Gasteiger partial charge on any atom is -0.436 e. The first kappa shape index (κ1) is 24.8. The minimum absolute atomic E-state index is 0.0174. The van der Waals surface area contributed by atoms with Gasteiger partial charge in [0.05, 0.1) is 33.0 Å². The maximum absolute atomic E-state index is 12.6. The first-order valence-electron chi connectivity index (χ1n) is 11.5. The lowest BCUT2D eigenvalue weighted by Gasteiger charge is -2.07. The van der Waals surface area contributed by atoms with E-state index in [4.69, 9.17) is 4.42 Å². The van der Waals surface area contributed by atoms with E-state index in [9.17, 15) is 23.3 Å². The number of rotatable bonds is 7. The molecule has 2 N–H and O–H groups in total. The Morgan fingerprint density at radius 2 is 1.87 bits per heavy atom. The Morgan fingerprint density at radius 1 is 1.11 bits per heavy atom. The van der Waals surface area contributed by atoms with E-state index >= 15 is 0 Å². The second-order valence-electron chi connectivity index (χ2n) is 8.50. The second-order valence-corrected chi connectivity index (χ2v) is 10.8. The number of hydrogen-bond donors (Lipinski definition) is 2. The summed E-state index contributed by atoms with van der Waals surface area (Å²) in [4.78, 5) is 27.9. The van der Waals surface area contributed by atoms with Crippen LogP contribution in [0.1, 0.15) is 22.8 Å². The molecule has 192 valence electrons. The normalized spacial score (nSPS) is 11.5. The maximum Gasteiger partial charge on any atom is 0.273 e. The van der Waals surface area contributed by atoms with Gasteiger partial charge >= 0.3 is 0 Å². The Morgan fingerprint density at radius 3 is 2.58 bits per heavy atom. The number of aromatic nitrogens is 3. The van der Waals surface area contributed by atoms with Crippen molar-refractivity contribution in [1.29, 1.82) is 0 Å². The fourth-order valence-corrected chi connectivity index (χ4v) is 4.82. The Hall–Kier alpha value is -4.84. The molecule has 0 aliphatic carbocycles. The van der Waals surface area contributed by atoms with Crippen molar-refractivity contribution in [3.63, 3.8) is 0 Å². The Balaban J connectivity index is 1.39. The summed E-state index contributed by atoms with van der Waals surface area (Å²) in [5.74, 6) is -0.219. The van der Waals surface area contributed by atoms with Gasteiger partial charge in [-0.1, -0.05) is 25.1 Å². The minimum atomic E-state index is -3.38. The number of aromatic amines is 1. The number of carbonyl (C=O) groups excluding carboxylic acids is 1. The number of sulfone groups is 1. The average molecular weight is 532 g/mol. The lowest BCUT2D eigenvalue weighted by molar-refractivity contribution is -0.385. The zero-order chi connectivity index (χ0) is 27.0. The summed E-state index contributed by atoms with van der Waals surface area (Å²) in [6.07, 6.45) is 1.56. The average Bonchev–Trinajstić information content (AvgIpc) is 3.56. The van der Waals surface area contributed by atoms with Crippen molar-refractivity contribution >= 4 is 38.2 Å². The standard InChI is InChI=1S/C26H21N5O6S/c1-3-38(35,36)19-10-11-23-21(13-19)29-26(37-23)20-14-27-30-24(20)16-6-8-18(9-7-16)28-25(32)17-5-4-15(2)22(12-17)31(33)34/h4-14H,3H2,1-2H3,(H,27,30)(H,28,32). The number of benzene rings is 3. The van der Waals surface area contributed by atoms with E-state index in [1.54, 1.807) is 50.4 Å². The molecule has 5 rings (SSSR count). The first-order chi connectivity index (χ1) is 18.2. The van der Waals surface area contributed by atoms with Gasteiger partial charge in [-0.3, -0.25) is 20.0 Å². The van der Waals surface area contributed by atoms with Crippen LogP contribution in [0.4, 0.5) is 11.4 Å². The molecule has 2 heterocycles. The summed E-state index contributed by atoms with van der Waals surface area (Å²) >= 11 is 0. The van der Waals surface area contributed by atoms with Crippen LogP contribution in [0.3, 0.4) is 0 Å². The molecule has 38 heavy (non-hydrogen) atoms. The summed E-state index contributed by atoms with van der Waals surface area (Å²) in [5.41, 5.74) is 3.79. The van der Waals surface area contributed by atoms with E-state index < -0.39 is 20.7 Å². The molecular weight excluding hydrogens is 510 g/mol. The van der Waals surface area contributed by atoms with Gasteiger partial charge in [-0.15, -0.1) is 0 Å². The fourth-order valence-electron chi connectivity index (χ4n) is 3.92. The van der Waals surface area contributed by atoms with E-state index in [1.165, 1.54) is 30.3 Å². The molecule has 0 atom stereocenters. The lowest BCUT2D eigenvalue weighted by atomic mass is 10.1. The molecule has 0 bridgehead atoms. The molecule has 0 aliphatic rings. The molecule has 0 saturated carbocycles. The highest BCUT2D eigenvalue weighted by atomic mass is 32.2. The number of anilines is 1. The third-order valence-electron chi connectivity index (χ3n) is 6.07. The zero-order valence-corrected chi connectivity index (χ0v) is 21.1. The summed E-state index contributed by atoms with van der Waals surface area (Å²) in [7, 11) is -3.38. The predicted molar refractivity (Wildman–Crippen MR) is 141 cm³/mol. The van der Waals surface area contributed by atoms with E-state index in [0.29, 0.717) is 33.6 Å². The van der Waals surface area contributed by atoms with Gasteiger partial charge in [-0.25, -0.2) is 13.4 Å². The number of H-pyrrole nitrogens is 1. The van der Waals surface area contributed by atoms with Crippen molar-refractivity contribution in [1.82, 2.24) is 15.2 Å². The van der Waals surface area contributed by atoms with Crippen molar-refractivity contribution in [2.24, 2.45) is 0 Å². The van der Waals surface area contributed by atoms with Gasteiger partial charge in [0.25, 0.3) is 11.6 Å². The second kappa shape index (κ2) is 9.56. The molecule has 0 unspecified atom stereocenters. The number of nitrogens with one attached hydrogen (secondary N) is 2. The highest BCUT2D eigenvalue weighted by Crippen LogP contribution is 2.33. The molecule has 1 amide bonds. The van der Waals surface area contributed by atoms with E-state index in [2.05, 4.69) is 20.5 Å². The topological polar surface area (TPSA) is 161 Å². The molecule has 0 aliphatic heterocycles. The highest BCUT2D eigenvalue weighted by Gasteiger charge is 2.19. The smallest absolute Gasteiger partial charge is 0.273 e. The summed E-state index contributed by atoms with van der Waals surface area (Å²) in [5, 5.41) is 20.9.